The first-order chi connectivity index (χ1) is 12.8. The van der Waals surface area contributed by atoms with Crippen LogP contribution in [0.15, 0.2) is 23.1 Å². The van der Waals surface area contributed by atoms with Gasteiger partial charge < -0.3 is 10.2 Å². The molecule has 0 saturated carbocycles. The first-order valence-corrected chi connectivity index (χ1v) is 11.5. The molecule has 1 aliphatic heterocycles. The molecule has 1 aromatic rings. The smallest absolute Gasteiger partial charge is 0.251 e. The van der Waals surface area contributed by atoms with E-state index in [1.807, 2.05) is 0 Å². The predicted molar refractivity (Wildman–Crippen MR) is 109 cm³/mol. The third-order valence-corrected chi connectivity index (χ3v) is 7.51. The third kappa shape index (κ3) is 5.44. The lowest BCUT2D eigenvalue weighted by Crippen LogP contribution is -2.44. The summed E-state index contributed by atoms with van der Waals surface area (Å²) in [5, 5.41) is 3.17. The molecule has 27 heavy (non-hydrogen) atoms. The highest BCUT2D eigenvalue weighted by molar-refractivity contribution is 7.89. The number of hydrogen-bond acceptors (Lipinski definition) is 4. The second-order valence-corrected chi connectivity index (χ2v) is 9.14. The molecule has 1 saturated heterocycles. The normalized spacial score (nSPS) is 16.6. The summed E-state index contributed by atoms with van der Waals surface area (Å²) >= 11 is 6.14. The number of amides is 1. The molecule has 0 bridgehead atoms. The number of sulfonamides is 1. The lowest BCUT2D eigenvalue weighted by Gasteiger charge is -2.32. The van der Waals surface area contributed by atoms with E-state index >= 15 is 0 Å². The van der Waals surface area contributed by atoms with Crippen molar-refractivity contribution in [2.75, 3.05) is 32.7 Å². The van der Waals surface area contributed by atoms with Crippen LogP contribution < -0.4 is 5.32 Å². The molecule has 6 nitrogen and oxygen atoms in total. The SMILES string of the molecule is CCCN1CCC(NC(=O)c2ccc(Cl)c(S(=O)(=O)N(CC)CC)c2)CC1. The Balaban J connectivity index is 2.12. The number of hydrogen-bond donors (Lipinski definition) is 1. The van der Waals surface area contributed by atoms with Gasteiger partial charge in [0, 0.05) is 37.8 Å². The molecule has 8 heteroatoms. The van der Waals surface area contributed by atoms with Crippen molar-refractivity contribution in [1.82, 2.24) is 14.5 Å². The van der Waals surface area contributed by atoms with E-state index in [4.69, 9.17) is 11.6 Å². The number of carbonyl (C=O) groups excluding carboxylic acids is 1. The first-order valence-electron chi connectivity index (χ1n) is 9.66. The largest absolute Gasteiger partial charge is 0.349 e. The Morgan fingerprint density at radius 1 is 1.22 bits per heavy atom. The number of likely N-dealkylation sites (tertiary alicyclic amines) is 1. The van der Waals surface area contributed by atoms with Crippen molar-refractivity contribution in [2.24, 2.45) is 0 Å². The summed E-state index contributed by atoms with van der Waals surface area (Å²) < 4.78 is 26.9. The molecule has 0 spiro atoms. The summed E-state index contributed by atoms with van der Waals surface area (Å²) in [4.78, 5) is 15.0. The van der Waals surface area contributed by atoms with E-state index < -0.39 is 10.0 Å². The number of benzene rings is 1. The Morgan fingerprint density at radius 2 is 1.85 bits per heavy atom. The molecular formula is C19H30ClN3O3S. The first kappa shape index (κ1) is 22.1. The minimum absolute atomic E-state index is 0.0155. The Bertz CT molecular complexity index is 743. The van der Waals surface area contributed by atoms with E-state index in [1.165, 1.54) is 16.4 Å². The van der Waals surface area contributed by atoms with Crippen molar-refractivity contribution in [3.8, 4) is 0 Å². The summed E-state index contributed by atoms with van der Waals surface area (Å²) in [5.41, 5.74) is 0.320. The maximum Gasteiger partial charge on any atom is 0.251 e. The zero-order chi connectivity index (χ0) is 20.0. The molecule has 0 aromatic heterocycles. The zero-order valence-corrected chi connectivity index (χ0v) is 17.9. The zero-order valence-electron chi connectivity index (χ0n) is 16.4. The third-order valence-electron chi connectivity index (χ3n) is 4.98. The highest BCUT2D eigenvalue weighted by atomic mass is 35.5. The topological polar surface area (TPSA) is 69.7 Å². The minimum atomic E-state index is -3.72. The minimum Gasteiger partial charge on any atom is -0.349 e. The van der Waals surface area contributed by atoms with Crippen molar-refractivity contribution >= 4 is 27.5 Å². The number of piperidine rings is 1. The van der Waals surface area contributed by atoms with Gasteiger partial charge in [0.15, 0.2) is 0 Å². The van der Waals surface area contributed by atoms with Gasteiger partial charge in [0.1, 0.15) is 4.90 Å². The Labute approximate surface area is 167 Å². The lowest BCUT2D eigenvalue weighted by molar-refractivity contribution is 0.0911. The maximum atomic E-state index is 12.8. The molecule has 0 aliphatic carbocycles. The fraction of sp³-hybridized carbons (Fsp3) is 0.632. The Hall–Kier alpha value is -1.15. The van der Waals surface area contributed by atoms with Crippen LogP contribution >= 0.6 is 11.6 Å². The number of halogens is 1. The summed E-state index contributed by atoms with van der Waals surface area (Å²) in [7, 11) is -3.72. The molecule has 0 radical (unpaired) electrons. The van der Waals surface area contributed by atoms with Crippen molar-refractivity contribution in [2.45, 2.75) is 51.0 Å². The van der Waals surface area contributed by atoms with Crippen LogP contribution in [0.1, 0.15) is 50.4 Å². The summed E-state index contributed by atoms with van der Waals surface area (Å²) in [6.07, 6.45) is 2.94. The summed E-state index contributed by atoms with van der Waals surface area (Å²) in [6, 6.07) is 4.56. The summed E-state index contributed by atoms with van der Waals surface area (Å²) in [6.45, 7) is 9.45. The highest BCUT2D eigenvalue weighted by Gasteiger charge is 2.26. The van der Waals surface area contributed by atoms with Gasteiger partial charge in [-0.05, 0) is 44.0 Å². The molecule has 1 aliphatic rings. The molecule has 1 heterocycles. The molecule has 0 atom stereocenters. The van der Waals surface area contributed by atoms with Crippen LogP contribution in [0.3, 0.4) is 0 Å². The van der Waals surface area contributed by atoms with Gasteiger partial charge >= 0.3 is 0 Å². The number of rotatable bonds is 8. The second kappa shape index (κ2) is 9.87. The van der Waals surface area contributed by atoms with Crippen LogP contribution in [-0.4, -0.2) is 62.3 Å². The van der Waals surface area contributed by atoms with Crippen molar-refractivity contribution in [1.29, 1.82) is 0 Å². The van der Waals surface area contributed by atoms with Crippen molar-refractivity contribution in [3.05, 3.63) is 28.8 Å². The summed E-state index contributed by atoms with van der Waals surface area (Å²) in [5.74, 6) is -0.253. The Morgan fingerprint density at radius 3 is 2.41 bits per heavy atom. The average Bonchev–Trinajstić information content (AvgIpc) is 2.64. The second-order valence-electron chi connectivity index (χ2n) is 6.82. The average molecular weight is 416 g/mol. The van der Waals surface area contributed by atoms with Gasteiger partial charge in [-0.15, -0.1) is 0 Å². The quantitative estimate of drug-likeness (QED) is 0.708. The van der Waals surface area contributed by atoms with Gasteiger partial charge in [-0.2, -0.15) is 4.31 Å². The van der Waals surface area contributed by atoms with E-state index in [-0.39, 0.29) is 21.9 Å². The van der Waals surface area contributed by atoms with Crippen LogP contribution in [0.25, 0.3) is 0 Å². The molecule has 0 unspecified atom stereocenters. The highest BCUT2D eigenvalue weighted by Crippen LogP contribution is 2.26. The van der Waals surface area contributed by atoms with Crippen LogP contribution in [-0.2, 0) is 10.0 Å². The van der Waals surface area contributed by atoms with Gasteiger partial charge in [0.05, 0.1) is 5.02 Å². The van der Waals surface area contributed by atoms with Crippen LogP contribution in [0.5, 0.6) is 0 Å². The van der Waals surface area contributed by atoms with E-state index in [1.54, 1.807) is 19.9 Å². The van der Waals surface area contributed by atoms with Gasteiger partial charge in [0.2, 0.25) is 10.0 Å². The van der Waals surface area contributed by atoms with Gasteiger partial charge in [-0.1, -0.05) is 32.4 Å². The standard InChI is InChI=1S/C19H30ClN3O3S/c1-4-11-22-12-9-16(10-13-22)21-19(24)15-7-8-17(20)18(14-15)27(25,26)23(5-2)6-3/h7-8,14,16H,4-6,9-13H2,1-3H3,(H,21,24). The molecule has 152 valence electrons. The molecule has 1 aromatic carbocycles. The Kier molecular flexibility index (Phi) is 8.09. The fourth-order valence-electron chi connectivity index (χ4n) is 3.43. The molecular weight excluding hydrogens is 386 g/mol. The van der Waals surface area contributed by atoms with Gasteiger partial charge in [0.25, 0.3) is 5.91 Å². The number of nitrogens with one attached hydrogen (secondary N) is 1. The molecule has 2 rings (SSSR count). The maximum absolute atomic E-state index is 12.8. The van der Waals surface area contributed by atoms with E-state index in [0.717, 1.165) is 38.9 Å². The van der Waals surface area contributed by atoms with Gasteiger partial charge in [-0.25, -0.2) is 8.42 Å². The van der Waals surface area contributed by atoms with E-state index in [9.17, 15) is 13.2 Å². The van der Waals surface area contributed by atoms with Gasteiger partial charge in [-0.3, -0.25) is 4.79 Å². The van der Waals surface area contributed by atoms with Crippen LogP contribution in [0, 0.1) is 0 Å². The predicted octanol–water partition coefficient (Wildman–Crippen LogP) is 2.97. The lowest BCUT2D eigenvalue weighted by atomic mass is 10.0. The molecule has 1 amide bonds. The molecule has 1 fully saturated rings. The van der Waals surface area contributed by atoms with Crippen LogP contribution in [0.4, 0.5) is 0 Å². The number of carbonyl (C=O) groups is 1. The van der Waals surface area contributed by atoms with E-state index in [0.29, 0.717) is 18.7 Å². The monoisotopic (exact) mass is 415 g/mol. The fourth-order valence-corrected chi connectivity index (χ4v) is 5.39. The van der Waals surface area contributed by atoms with E-state index in [2.05, 4.69) is 17.1 Å². The van der Waals surface area contributed by atoms with Crippen molar-refractivity contribution in [3.63, 3.8) is 0 Å². The van der Waals surface area contributed by atoms with Crippen LogP contribution in [0.2, 0.25) is 5.02 Å². The van der Waals surface area contributed by atoms with Crippen molar-refractivity contribution < 1.29 is 13.2 Å². The molecule has 1 N–H and O–H groups in total. The number of nitrogens with zero attached hydrogens (tertiary/aromatic N) is 2.